The molecule has 2 aromatic carbocycles. The van der Waals surface area contributed by atoms with E-state index in [0.29, 0.717) is 19.1 Å². The molecule has 0 spiro atoms. The van der Waals surface area contributed by atoms with Gasteiger partial charge in [-0.3, -0.25) is 9.59 Å². The van der Waals surface area contributed by atoms with Crippen molar-refractivity contribution in [3.05, 3.63) is 54.1 Å². The topological polar surface area (TPSA) is 58.6 Å². The van der Waals surface area contributed by atoms with E-state index in [1.807, 2.05) is 36.4 Å². The van der Waals surface area contributed by atoms with Crippen LogP contribution < -0.4 is 15.0 Å². The molecule has 1 heterocycles. The van der Waals surface area contributed by atoms with Crippen molar-refractivity contribution in [3.63, 3.8) is 0 Å². The molecule has 0 saturated carbocycles. The highest BCUT2D eigenvalue weighted by Crippen LogP contribution is 2.28. The smallest absolute Gasteiger partial charge is 0.229 e. The molecule has 2 atom stereocenters. The molecule has 1 saturated heterocycles. The van der Waals surface area contributed by atoms with Crippen molar-refractivity contribution in [3.8, 4) is 5.75 Å². The second-order valence-corrected chi connectivity index (χ2v) is 7.67. The zero-order chi connectivity index (χ0) is 20.8. The van der Waals surface area contributed by atoms with Gasteiger partial charge in [-0.2, -0.15) is 0 Å². The number of rotatable bonds is 8. The van der Waals surface area contributed by atoms with E-state index in [9.17, 15) is 9.59 Å². The summed E-state index contributed by atoms with van der Waals surface area (Å²) in [6, 6.07) is 15.4. The molecule has 0 aliphatic carbocycles. The predicted molar refractivity (Wildman–Crippen MR) is 116 cm³/mol. The molecule has 0 radical (unpaired) electrons. The van der Waals surface area contributed by atoms with Crippen LogP contribution >= 0.6 is 0 Å². The SMILES string of the molecule is CCCOc1ccc(N2C[C@@H](C(=O)Nc3ccc([C@H](C)CC)cc3)CC2=O)cc1. The molecule has 29 heavy (non-hydrogen) atoms. The van der Waals surface area contributed by atoms with Crippen LogP contribution in [0.15, 0.2) is 48.5 Å². The number of anilines is 2. The maximum Gasteiger partial charge on any atom is 0.229 e. The average molecular weight is 395 g/mol. The zero-order valence-electron chi connectivity index (χ0n) is 17.5. The Morgan fingerprint density at radius 3 is 2.45 bits per heavy atom. The Balaban J connectivity index is 1.60. The number of benzene rings is 2. The normalized spacial score (nSPS) is 17.3. The molecule has 1 fully saturated rings. The van der Waals surface area contributed by atoms with Crippen LogP contribution in [0.4, 0.5) is 11.4 Å². The van der Waals surface area contributed by atoms with Gasteiger partial charge in [0.25, 0.3) is 0 Å². The van der Waals surface area contributed by atoms with Gasteiger partial charge < -0.3 is 15.0 Å². The number of carbonyl (C=O) groups is 2. The van der Waals surface area contributed by atoms with Gasteiger partial charge in [-0.05, 0) is 60.7 Å². The Kier molecular flexibility index (Phi) is 6.91. The van der Waals surface area contributed by atoms with Crippen molar-refractivity contribution in [2.45, 2.75) is 46.0 Å². The Morgan fingerprint density at radius 2 is 1.83 bits per heavy atom. The largest absolute Gasteiger partial charge is 0.494 e. The molecule has 2 aromatic rings. The van der Waals surface area contributed by atoms with Gasteiger partial charge in [0, 0.05) is 24.3 Å². The van der Waals surface area contributed by atoms with E-state index >= 15 is 0 Å². The quantitative estimate of drug-likeness (QED) is 0.687. The van der Waals surface area contributed by atoms with Crippen molar-refractivity contribution < 1.29 is 14.3 Å². The van der Waals surface area contributed by atoms with Crippen LogP contribution in [0.3, 0.4) is 0 Å². The van der Waals surface area contributed by atoms with Crippen molar-refractivity contribution >= 4 is 23.2 Å². The summed E-state index contributed by atoms with van der Waals surface area (Å²) >= 11 is 0. The molecule has 0 aromatic heterocycles. The fourth-order valence-corrected chi connectivity index (χ4v) is 3.45. The van der Waals surface area contributed by atoms with Crippen molar-refractivity contribution in [1.82, 2.24) is 0 Å². The van der Waals surface area contributed by atoms with E-state index in [1.54, 1.807) is 4.90 Å². The number of hydrogen-bond acceptors (Lipinski definition) is 3. The third kappa shape index (κ3) is 5.17. The van der Waals surface area contributed by atoms with Crippen molar-refractivity contribution in [2.75, 3.05) is 23.4 Å². The second kappa shape index (κ2) is 9.59. The Labute approximate surface area is 173 Å². The lowest BCUT2D eigenvalue weighted by Crippen LogP contribution is -2.28. The number of amides is 2. The summed E-state index contributed by atoms with van der Waals surface area (Å²) in [6.45, 7) is 7.47. The first-order chi connectivity index (χ1) is 14.0. The molecule has 5 heteroatoms. The molecule has 2 amide bonds. The van der Waals surface area contributed by atoms with E-state index < -0.39 is 0 Å². The summed E-state index contributed by atoms with van der Waals surface area (Å²) in [4.78, 5) is 26.8. The van der Waals surface area contributed by atoms with Gasteiger partial charge in [0.15, 0.2) is 0 Å². The molecule has 1 aliphatic heterocycles. The van der Waals surface area contributed by atoms with Gasteiger partial charge in [-0.1, -0.05) is 32.9 Å². The molecule has 0 unspecified atom stereocenters. The highest BCUT2D eigenvalue weighted by atomic mass is 16.5. The highest BCUT2D eigenvalue weighted by Gasteiger charge is 2.35. The van der Waals surface area contributed by atoms with Crippen LogP contribution in [0.1, 0.15) is 51.5 Å². The maximum atomic E-state index is 12.7. The van der Waals surface area contributed by atoms with E-state index in [4.69, 9.17) is 4.74 Å². The molecule has 0 bridgehead atoms. The van der Waals surface area contributed by atoms with Crippen LogP contribution in [-0.2, 0) is 9.59 Å². The Morgan fingerprint density at radius 1 is 1.14 bits per heavy atom. The summed E-state index contributed by atoms with van der Waals surface area (Å²) in [5.41, 5.74) is 2.83. The molecule has 1 N–H and O–H groups in total. The summed E-state index contributed by atoms with van der Waals surface area (Å²) in [6.07, 6.45) is 2.26. The van der Waals surface area contributed by atoms with Crippen LogP contribution in [-0.4, -0.2) is 25.0 Å². The molecule has 3 rings (SSSR count). The fraction of sp³-hybridized carbons (Fsp3) is 0.417. The summed E-state index contributed by atoms with van der Waals surface area (Å²) in [5, 5.41) is 2.96. The minimum Gasteiger partial charge on any atom is -0.494 e. The van der Waals surface area contributed by atoms with E-state index in [1.165, 1.54) is 5.56 Å². The first kappa shape index (κ1) is 20.9. The number of nitrogens with one attached hydrogen (secondary N) is 1. The zero-order valence-corrected chi connectivity index (χ0v) is 17.5. The van der Waals surface area contributed by atoms with Gasteiger partial charge in [0.05, 0.1) is 12.5 Å². The first-order valence-electron chi connectivity index (χ1n) is 10.5. The van der Waals surface area contributed by atoms with Crippen LogP contribution in [0.5, 0.6) is 5.75 Å². The number of carbonyl (C=O) groups excluding carboxylic acids is 2. The standard InChI is InChI=1S/C24H30N2O3/c1-4-14-29-22-12-10-21(11-13-22)26-16-19(15-23(26)27)24(28)25-20-8-6-18(7-9-20)17(3)5-2/h6-13,17,19H,4-5,14-16H2,1-3H3,(H,25,28)/t17-,19+/m1/s1. The van der Waals surface area contributed by atoms with Gasteiger partial charge in [0.1, 0.15) is 5.75 Å². The minimum atomic E-state index is -0.354. The summed E-state index contributed by atoms with van der Waals surface area (Å²) < 4.78 is 5.59. The summed E-state index contributed by atoms with van der Waals surface area (Å²) in [7, 11) is 0. The Bertz CT molecular complexity index is 830. The van der Waals surface area contributed by atoms with Gasteiger partial charge >= 0.3 is 0 Å². The number of nitrogens with zero attached hydrogens (tertiary/aromatic N) is 1. The van der Waals surface area contributed by atoms with E-state index in [-0.39, 0.29) is 24.2 Å². The molecule has 154 valence electrons. The van der Waals surface area contributed by atoms with Gasteiger partial charge in [-0.15, -0.1) is 0 Å². The maximum absolute atomic E-state index is 12.7. The fourth-order valence-electron chi connectivity index (χ4n) is 3.45. The summed E-state index contributed by atoms with van der Waals surface area (Å²) in [5.74, 6) is 0.796. The van der Waals surface area contributed by atoms with Crippen molar-refractivity contribution in [2.24, 2.45) is 5.92 Å². The third-order valence-electron chi connectivity index (χ3n) is 5.48. The van der Waals surface area contributed by atoms with Crippen LogP contribution in [0.2, 0.25) is 0 Å². The second-order valence-electron chi connectivity index (χ2n) is 7.67. The monoisotopic (exact) mass is 394 g/mol. The molecule has 5 nitrogen and oxygen atoms in total. The van der Waals surface area contributed by atoms with E-state index in [2.05, 4.69) is 38.2 Å². The minimum absolute atomic E-state index is 0.0282. The number of hydrogen-bond donors (Lipinski definition) is 1. The highest BCUT2D eigenvalue weighted by molar-refractivity contribution is 6.03. The predicted octanol–water partition coefficient (Wildman–Crippen LogP) is 4.98. The van der Waals surface area contributed by atoms with E-state index in [0.717, 1.165) is 30.0 Å². The molecule has 1 aliphatic rings. The third-order valence-corrected chi connectivity index (χ3v) is 5.48. The lowest BCUT2D eigenvalue weighted by atomic mass is 9.98. The van der Waals surface area contributed by atoms with Gasteiger partial charge in [0.2, 0.25) is 11.8 Å². The average Bonchev–Trinajstić information content (AvgIpc) is 3.14. The molecular weight excluding hydrogens is 364 g/mol. The lowest BCUT2D eigenvalue weighted by molar-refractivity contribution is -0.122. The lowest BCUT2D eigenvalue weighted by Gasteiger charge is -2.17. The van der Waals surface area contributed by atoms with Crippen LogP contribution in [0.25, 0.3) is 0 Å². The van der Waals surface area contributed by atoms with Crippen LogP contribution in [0, 0.1) is 5.92 Å². The first-order valence-corrected chi connectivity index (χ1v) is 10.5. The molecular formula is C24H30N2O3. The number of ether oxygens (including phenoxy) is 1. The Hall–Kier alpha value is -2.82. The van der Waals surface area contributed by atoms with Gasteiger partial charge in [-0.25, -0.2) is 0 Å². The van der Waals surface area contributed by atoms with Crippen molar-refractivity contribution in [1.29, 1.82) is 0 Å².